The molecule has 0 spiro atoms. The smallest absolute Gasteiger partial charge is 0.349 e. The van der Waals surface area contributed by atoms with Gasteiger partial charge >= 0.3 is 5.69 Å². The van der Waals surface area contributed by atoms with E-state index in [1.807, 2.05) is 13.8 Å². The molecule has 41 heteroatoms. The number of aliphatic hydroxyl groups excluding tert-OH is 6. The van der Waals surface area contributed by atoms with Gasteiger partial charge in [0.2, 0.25) is 59.3 Å². The molecule has 18 atom stereocenters. The van der Waals surface area contributed by atoms with Gasteiger partial charge in [-0.15, -0.1) is 0 Å². The molecule has 16 unspecified atom stereocenters. The predicted molar refractivity (Wildman–Crippen MR) is 433 cm³/mol. The monoisotopic (exact) mass is 1750 g/mol. The minimum Gasteiger partial charge on any atom is -0.508 e. The first kappa shape index (κ1) is 91.3. The summed E-state index contributed by atoms with van der Waals surface area (Å²) in [7, 11) is 2.51. The van der Waals surface area contributed by atoms with Crippen molar-refractivity contribution in [2.24, 2.45) is 23.5 Å². The summed E-state index contributed by atoms with van der Waals surface area (Å²) >= 11 is 14.4. The van der Waals surface area contributed by atoms with E-state index in [9.17, 15) is 69.9 Å². The van der Waals surface area contributed by atoms with Crippen LogP contribution in [0.4, 0.5) is 5.82 Å². The standard InChI is InChI=1S/C82H99Cl2N13O26/c1-34(2)22-47(86-6)73(109)94-64-66(104)39-13-16-51(45(83)25-39)119-53-27-41-28-54(70(53)123-80-71(69(107)68(106)55(33-98)121-80)122-59-32-82(5,72(108)36(4)118-59)87-19-21-97-20-18-57(90-81(97)116)89-58(103)23-37-10-8-35(3)9-11-37)120-52-17-14-40(26-46(52)84)67(105)65-78(114)93-63(79(115)96-117-7)44-29-42(99)30-50(101)60(44)43-24-38(12-15-49(43)100)61(75(111)95-65)92-76(112)62(41)91-74(110)48(31-56(85)102)88-77(64)113/h12-18,20,24-30,34-37,47-48,55,59,61-69,71-72,80,86-87,98-101,104-108H,8-11,19,21-23,31-33H2,1-7H3,(H2,85,102)(H,88,113)(H,91,110)(H,92,112)(H,93,114)(H,94,109)(H,95,111)(H,96,115)(H,89,90,103,116)/t35?,36?,37?,47?,48?,55?,59?,61?,62?,63-,64?,65?,66?,67?,68?,69?,71?,72?,80?,82-/m1/s1. The lowest BCUT2D eigenvalue weighted by Crippen LogP contribution is -2.65. The number of amides is 9. The first-order valence-electron chi connectivity index (χ1n) is 39.8. The Morgan fingerprint density at radius 3 is 1.98 bits per heavy atom. The molecule has 39 nitrogen and oxygen atoms in total. The fourth-order valence-electron chi connectivity index (χ4n) is 15.9. The zero-order chi connectivity index (χ0) is 88.9. The minimum atomic E-state index is -2.38. The number of rotatable bonds is 21. The van der Waals surface area contributed by atoms with Gasteiger partial charge in [0.15, 0.2) is 23.9 Å². The van der Waals surface area contributed by atoms with Gasteiger partial charge in [0.25, 0.3) is 5.91 Å². The van der Waals surface area contributed by atoms with Crippen molar-refractivity contribution in [3.63, 3.8) is 0 Å². The molecule has 21 N–H and O–H groups in total. The Morgan fingerprint density at radius 1 is 0.715 bits per heavy atom. The fraction of sp³-hybridized carbons (Fsp3) is 0.476. The summed E-state index contributed by atoms with van der Waals surface area (Å²) in [5.74, 6) is -14.7. The molecule has 2 saturated heterocycles. The van der Waals surface area contributed by atoms with Crippen molar-refractivity contribution in [3.05, 3.63) is 139 Å². The van der Waals surface area contributed by atoms with E-state index in [2.05, 4.69) is 65.2 Å². The number of fused-ring (bicyclic) bond motifs is 15. The number of aromatic hydroxyl groups is 3. The first-order valence-corrected chi connectivity index (χ1v) is 40.6. The minimum absolute atomic E-state index is 0.00479. The van der Waals surface area contributed by atoms with Crippen LogP contribution in [0.25, 0.3) is 11.1 Å². The van der Waals surface area contributed by atoms with Gasteiger partial charge in [-0.25, -0.2) is 10.3 Å². The van der Waals surface area contributed by atoms with Crippen molar-refractivity contribution in [1.29, 1.82) is 0 Å². The fourth-order valence-corrected chi connectivity index (χ4v) is 16.4. The molecule has 14 rings (SSSR count). The summed E-state index contributed by atoms with van der Waals surface area (Å²) in [6.07, 6.45) is -13.6. The van der Waals surface area contributed by atoms with E-state index >= 15 is 24.0 Å². The van der Waals surface area contributed by atoms with Crippen LogP contribution in [0.2, 0.25) is 10.0 Å². The highest BCUT2D eigenvalue weighted by atomic mass is 35.5. The third-order valence-electron chi connectivity index (χ3n) is 22.6. The van der Waals surface area contributed by atoms with Gasteiger partial charge in [0.05, 0.1) is 48.4 Å². The second-order valence-electron chi connectivity index (χ2n) is 32.1. The van der Waals surface area contributed by atoms with Crippen LogP contribution < -0.4 is 79.0 Å². The number of phenols is 3. The number of phenolic OH excluding ortho intramolecular Hbond substituents is 3. The third-order valence-corrected chi connectivity index (χ3v) is 23.2. The molecule has 6 aromatic rings. The summed E-state index contributed by atoms with van der Waals surface area (Å²) in [5, 5.41) is 129. The second kappa shape index (κ2) is 38.9. The quantitative estimate of drug-likeness (QED) is 0.0456. The van der Waals surface area contributed by atoms with Crippen LogP contribution in [0.5, 0.6) is 46.0 Å². The predicted octanol–water partition coefficient (Wildman–Crippen LogP) is 1.74. The van der Waals surface area contributed by atoms with Crippen LogP contribution in [0.1, 0.15) is 144 Å². The number of halogens is 2. The number of benzene rings is 5. The van der Waals surface area contributed by atoms with Gasteiger partial charge in [0.1, 0.15) is 101 Å². The number of carbonyl (C=O) groups is 9. The van der Waals surface area contributed by atoms with E-state index < -0.39 is 243 Å². The van der Waals surface area contributed by atoms with Crippen molar-refractivity contribution in [3.8, 4) is 57.1 Å². The molecule has 5 aromatic carbocycles. The van der Waals surface area contributed by atoms with E-state index in [4.69, 9.17) is 62.2 Å². The number of nitrogens with two attached hydrogens (primary N) is 1. The lowest BCUT2D eigenvalue weighted by atomic mass is 9.81. The first-order chi connectivity index (χ1) is 58.4. The van der Waals surface area contributed by atoms with Crippen molar-refractivity contribution in [2.45, 2.75) is 202 Å². The molecule has 123 heavy (non-hydrogen) atoms. The molecule has 1 aliphatic carbocycles. The Labute approximate surface area is 713 Å². The average molecular weight is 1750 g/mol. The number of ether oxygens (including phenoxy) is 6. The molecule has 0 radical (unpaired) electrons. The molecule has 1 aromatic heterocycles. The van der Waals surface area contributed by atoms with Crippen molar-refractivity contribution in [1.82, 2.24) is 57.6 Å². The summed E-state index contributed by atoms with van der Waals surface area (Å²) in [4.78, 5) is 155. The van der Waals surface area contributed by atoms with Crippen molar-refractivity contribution < 1.29 is 122 Å². The van der Waals surface area contributed by atoms with Crippen LogP contribution in [0, 0.1) is 17.8 Å². The summed E-state index contributed by atoms with van der Waals surface area (Å²) in [5.41, 5.74) is 3.19. The number of anilines is 1. The Hall–Kier alpha value is -10.9. The van der Waals surface area contributed by atoms with E-state index in [1.165, 1.54) is 42.9 Å². The number of nitrogens with zero attached hydrogens (tertiary/aromatic N) is 2. The molecule has 8 heterocycles. The molecule has 9 amide bonds. The van der Waals surface area contributed by atoms with Crippen LogP contribution in [0.3, 0.4) is 0 Å². The maximum atomic E-state index is 16.3. The normalized spacial score (nSPS) is 28.1. The van der Waals surface area contributed by atoms with E-state index in [0.29, 0.717) is 5.92 Å². The van der Waals surface area contributed by atoms with Gasteiger partial charge in [-0.1, -0.05) is 75.0 Å². The van der Waals surface area contributed by atoms with E-state index in [0.717, 1.165) is 99.5 Å². The Balaban J connectivity index is 0.998. The van der Waals surface area contributed by atoms with Gasteiger partial charge in [-0.3, -0.25) is 52.6 Å². The number of hydrogen-bond donors (Lipinski definition) is 20. The highest BCUT2D eigenvalue weighted by Gasteiger charge is 2.52. The van der Waals surface area contributed by atoms with Gasteiger partial charge in [-0.2, -0.15) is 4.98 Å². The topological polar surface area (TPSA) is 582 Å². The SMILES string of the molecule is CNC(CC(C)C)C(=O)NC1C(=O)NC(CC(N)=O)C(=O)NC2C(=O)NC3C(=O)NC(C(=O)N[C@@H](C(=O)NOC)c4cc(O)cc(O)c4-c4cc3ccc4O)C(O)c3ccc(c(Cl)c3)Oc3cc2cc(c3OC2OC(CO)C(O)C(O)C2OC2C[C@@](C)(NCCn3ccc(NC(=O)CC4CCC(C)CC4)nc3=O)C(O)C(C)O2)Oc2ccc(cc2Cl)C1O. The largest absolute Gasteiger partial charge is 0.508 e. The number of hydroxylamine groups is 1. The van der Waals surface area contributed by atoms with Crippen LogP contribution >= 0.6 is 23.2 Å². The summed E-state index contributed by atoms with van der Waals surface area (Å²) < 4.78 is 40.7. The van der Waals surface area contributed by atoms with Crippen molar-refractivity contribution in [2.75, 3.05) is 32.6 Å². The zero-order valence-corrected chi connectivity index (χ0v) is 69.2. The number of aliphatic hydroxyl groups is 6. The number of aromatic nitrogens is 2. The number of hydrogen-bond acceptors (Lipinski definition) is 29. The number of carbonyl (C=O) groups excluding carboxylic acids is 9. The zero-order valence-electron chi connectivity index (χ0n) is 67.7. The molecule has 3 fully saturated rings. The van der Waals surface area contributed by atoms with Crippen LogP contribution in [0.15, 0.2) is 95.9 Å². The maximum absolute atomic E-state index is 16.3. The Bertz CT molecular complexity index is 5060. The van der Waals surface area contributed by atoms with Gasteiger partial charge < -0.3 is 128 Å². The lowest BCUT2D eigenvalue weighted by Gasteiger charge is -2.48. The van der Waals surface area contributed by atoms with Crippen LogP contribution in [-0.4, -0.2) is 215 Å². The molecule has 11 bridgehead atoms. The van der Waals surface area contributed by atoms with Crippen molar-refractivity contribution >= 4 is 82.2 Å². The highest BCUT2D eigenvalue weighted by Crippen LogP contribution is 2.50. The molecule has 662 valence electrons. The number of primary amides is 1. The summed E-state index contributed by atoms with van der Waals surface area (Å²) in [6.45, 7) is 7.94. The Morgan fingerprint density at radius 2 is 1.36 bits per heavy atom. The number of nitrogens with one attached hydrogen (secondary N) is 10. The van der Waals surface area contributed by atoms with E-state index in [1.54, 1.807) is 6.92 Å². The van der Waals surface area contributed by atoms with Gasteiger partial charge in [-0.05, 0) is 146 Å². The molecule has 1 saturated carbocycles. The van der Waals surface area contributed by atoms with Crippen LogP contribution in [-0.2, 0) is 68.7 Å². The average Bonchev–Trinajstić information content (AvgIpc) is 0.764. The summed E-state index contributed by atoms with van der Waals surface area (Å²) in [6, 6.07) is 1.20. The molecule has 8 aliphatic rings. The molecular formula is C82H99Cl2N13O26. The van der Waals surface area contributed by atoms with Gasteiger partial charge in [0, 0.05) is 54.9 Å². The molecule has 7 aliphatic heterocycles. The third kappa shape index (κ3) is 20.8. The Kier molecular flexibility index (Phi) is 28.9. The second-order valence-corrected chi connectivity index (χ2v) is 32.9. The maximum Gasteiger partial charge on any atom is 0.349 e. The highest BCUT2D eigenvalue weighted by molar-refractivity contribution is 6.32. The van der Waals surface area contributed by atoms with E-state index in [-0.39, 0.29) is 83.4 Å². The molecular weight excluding hydrogens is 1650 g/mol. The lowest BCUT2D eigenvalue weighted by molar-refractivity contribution is -0.334. The number of likely N-dealkylation sites (N-methyl/N-ethyl adjacent to an activating group) is 1.